The van der Waals surface area contributed by atoms with E-state index >= 15 is 0 Å². The number of nitrogens with zero attached hydrogens (tertiary/aromatic N) is 3. The van der Waals surface area contributed by atoms with E-state index in [2.05, 4.69) is 10.3 Å². The minimum atomic E-state index is -3.60. The van der Waals surface area contributed by atoms with Gasteiger partial charge < -0.3 is 10.2 Å². The molecule has 9 heteroatoms. The molecule has 1 aliphatic heterocycles. The van der Waals surface area contributed by atoms with Crippen LogP contribution in [0, 0.1) is 5.82 Å². The number of anilines is 2. The molecule has 0 bridgehead atoms. The van der Waals surface area contributed by atoms with Crippen molar-refractivity contribution in [2.45, 2.75) is 4.90 Å². The van der Waals surface area contributed by atoms with Crippen LogP contribution in [0.1, 0.15) is 10.4 Å². The second kappa shape index (κ2) is 8.83. The first-order valence-corrected chi connectivity index (χ1v) is 11.2. The number of halogens is 1. The molecule has 0 aliphatic carbocycles. The molecule has 2 heterocycles. The number of sulfonamides is 1. The van der Waals surface area contributed by atoms with E-state index in [9.17, 15) is 17.6 Å². The van der Waals surface area contributed by atoms with Gasteiger partial charge in [-0.25, -0.2) is 17.8 Å². The van der Waals surface area contributed by atoms with Crippen LogP contribution in [0.5, 0.6) is 0 Å². The Kier molecular flexibility index (Phi) is 5.97. The molecule has 1 aromatic heterocycles. The molecule has 0 saturated carbocycles. The molecule has 0 radical (unpaired) electrons. The Morgan fingerprint density at radius 1 is 0.903 bits per heavy atom. The van der Waals surface area contributed by atoms with Crippen LogP contribution in [-0.2, 0) is 10.0 Å². The largest absolute Gasteiger partial charge is 0.337 e. The minimum Gasteiger partial charge on any atom is -0.337 e. The molecule has 1 N–H and O–H groups in total. The molecule has 31 heavy (non-hydrogen) atoms. The number of para-hydroxylation sites is 1. The van der Waals surface area contributed by atoms with E-state index in [0.29, 0.717) is 5.56 Å². The van der Waals surface area contributed by atoms with E-state index in [1.807, 2.05) is 0 Å². The SMILES string of the molecule is O=C(c1cccnc1Nc1ccccc1F)N1CCN(S(=O)(=O)c2ccccc2)CC1. The molecule has 1 fully saturated rings. The summed E-state index contributed by atoms with van der Waals surface area (Å²) in [6.45, 7) is 0.885. The highest BCUT2D eigenvalue weighted by Gasteiger charge is 2.31. The Bertz CT molecular complexity index is 1180. The average molecular weight is 441 g/mol. The fraction of sp³-hybridized carbons (Fsp3) is 0.182. The smallest absolute Gasteiger partial charge is 0.257 e. The fourth-order valence-electron chi connectivity index (χ4n) is 3.41. The van der Waals surface area contributed by atoms with E-state index < -0.39 is 15.8 Å². The zero-order valence-electron chi connectivity index (χ0n) is 16.6. The van der Waals surface area contributed by atoms with Gasteiger partial charge in [0.2, 0.25) is 10.0 Å². The normalized spacial score (nSPS) is 14.9. The maximum Gasteiger partial charge on any atom is 0.257 e. The van der Waals surface area contributed by atoms with Crippen LogP contribution in [0.4, 0.5) is 15.9 Å². The summed E-state index contributed by atoms with van der Waals surface area (Å²) in [5.41, 5.74) is 0.513. The second-order valence-corrected chi connectivity index (χ2v) is 8.95. The van der Waals surface area contributed by atoms with Crippen molar-refractivity contribution in [1.82, 2.24) is 14.2 Å². The standard InChI is InChI=1S/C22H21FN4O3S/c23-19-10-4-5-11-20(19)25-21-18(9-6-12-24-21)22(28)26-13-15-27(16-14-26)31(29,30)17-7-2-1-3-8-17/h1-12H,13-16H2,(H,24,25). The van der Waals surface area contributed by atoms with Crippen molar-refractivity contribution in [3.8, 4) is 0 Å². The molecule has 2 aromatic carbocycles. The van der Waals surface area contributed by atoms with Crippen LogP contribution >= 0.6 is 0 Å². The quantitative estimate of drug-likeness (QED) is 0.659. The van der Waals surface area contributed by atoms with Crippen molar-refractivity contribution < 1.29 is 17.6 Å². The molecular weight excluding hydrogens is 419 g/mol. The average Bonchev–Trinajstić information content (AvgIpc) is 2.81. The van der Waals surface area contributed by atoms with Crippen molar-refractivity contribution in [3.05, 3.63) is 84.3 Å². The Labute approximate surface area is 180 Å². The van der Waals surface area contributed by atoms with Crippen LogP contribution < -0.4 is 5.32 Å². The van der Waals surface area contributed by atoms with Crippen LogP contribution in [0.25, 0.3) is 0 Å². The first-order valence-electron chi connectivity index (χ1n) is 9.78. The molecule has 3 aromatic rings. The van der Waals surface area contributed by atoms with Gasteiger partial charge in [-0.2, -0.15) is 4.31 Å². The van der Waals surface area contributed by atoms with Crippen molar-refractivity contribution in [2.75, 3.05) is 31.5 Å². The number of aromatic nitrogens is 1. The summed E-state index contributed by atoms with van der Waals surface area (Å²) in [6.07, 6.45) is 1.52. The lowest BCUT2D eigenvalue weighted by molar-refractivity contribution is 0.0698. The van der Waals surface area contributed by atoms with Gasteiger partial charge in [-0.1, -0.05) is 30.3 Å². The second-order valence-electron chi connectivity index (χ2n) is 7.01. The lowest BCUT2D eigenvalue weighted by atomic mass is 10.2. The van der Waals surface area contributed by atoms with E-state index in [1.165, 1.54) is 16.6 Å². The third kappa shape index (κ3) is 4.42. The highest BCUT2D eigenvalue weighted by molar-refractivity contribution is 7.89. The van der Waals surface area contributed by atoms with Gasteiger partial charge in [-0.15, -0.1) is 0 Å². The number of rotatable bonds is 5. The van der Waals surface area contributed by atoms with Crippen LogP contribution in [-0.4, -0.2) is 54.7 Å². The lowest BCUT2D eigenvalue weighted by Crippen LogP contribution is -2.50. The van der Waals surface area contributed by atoms with Gasteiger partial charge in [0.25, 0.3) is 5.91 Å². The number of benzene rings is 2. The first kappa shape index (κ1) is 21.0. The van der Waals surface area contributed by atoms with Gasteiger partial charge in [0.15, 0.2) is 0 Å². The molecule has 0 unspecified atom stereocenters. The summed E-state index contributed by atoms with van der Waals surface area (Å²) < 4.78 is 41.0. The summed E-state index contributed by atoms with van der Waals surface area (Å²) >= 11 is 0. The molecule has 160 valence electrons. The Hall–Kier alpha value is -3.30. The Morgan fingerprint density at radius 2 is 1.58 bits per heavy atom. The number of pyridine rings is 1. The maximum atomic E-state index is 14.0. The minimum absolute atomic E-state index is 0.194. The molecule has 1 amide bonds. The topological polar surface area (TPSA) is 82.6 Å². The number of hydrogen-bond donors (Lipinski definition) is 1. The van der Waals surface area contributed by atoms with Gasteiger partial charge in [-0.05, 0) is 36.4 Å². The number of carbonyl (C=O) groups is 1. The van der Waals surface area contributed by atoms with E-state index in [1.54, 1.807) is 65.6 Å². The zero-order chi connectivity index (χ0) is 21.8. The van der Waals surface area contributed by atoms with Crippen molar-refractivity contribution >= 4 is 27.4 Å². The number of hydrogen-bond acceptors (Lipinski definition) is 5. The molecule has 1 saturated heterocycles. The highest BCUT2D eigenvalue weighted by atomic mass is 32.2. The predicted octanol–water partition coefficient (Wildman–Crippen LogP) is 3.11. The molecule has 0 atom stereocenters. The lowest BCUT2D eigenvalue weighted by Gasteiger charge is -2.34. The van der Waals surface area contributed by atoms with Crippen LogP contribution in [0.15, 0.2) is 77.8 Å². The van der Waals surface area contributed by atoms with Gasteiger partial charge in [0.1, 0.15) is 11.6 Å². The van der Waals surface area contributed by atoms with Crippen LogP contribution in [0.3, 0.4) is 0 Å². The molecule has 1 aliphatic rings. The van der Waals surface area contributed by atoms with Gasteiger partial charge in [0.05, 0.1) is 16.1 Å². The van der Waals surface area contributed by atoms with Gasteiger partial charge in [-0.3, -0.25) is 4.79 Å². The fourth-order valence-corrected chi connectivity index (χ4v) is 4.85. The molecule has 7 nitrogen and oxygen atoms in total. The third-order valence-corrected chi connectivity index (χ3v) is 6.98. The molecular formula is C22H21FN4O3S. The van der Waals surface area contributed by atoms with E-state index in [4.69, 9.17) is 0 Å². The molecule has 0 spiro atoms. The summed E-state index contributed by atoms with van der Waals surface area (Å²) in [7, 11) is -3.60. The predicted molar refractivity (Wildman–Crippen MR) is 115 cm³/mol. The van der Waals surface area contributed by atoms with Crippen molar-refractivity contribution in [3.63, 3.8) is 0 Å². The summed E-state index contributed by atoms with van der Waals surface area (Å²) in [4.78, 5) is 19.1. The monoisotopic (exact) mass is 440 g/mol. The summed E-state index contributed by atoms with van der Waals surface area (Å²) in [5.74, 6) is -0.494. The number of nitrogens with one attached hydrogen (secondary N) is 1. The van der Waals surface area contributed by atoms with Crippen molar-refractivity contribution in [1.29, 1.82) is 0 Å². The molecule has 4 rings (SSSR count). The highest BCUT2D eigenvalue weighted by Crippen LogP contribution is 2.23. The first-order chi connectivity index (χ1) is 15.0. The van der Waals surface area contributed by atoms with Crippen molar-refractivity contribution in [2.24, 2.45) is 0 Å². The van der Waals surface area contributed by atoms with Crippen LogP contribution in [0.2, 0.25) is 0 Å². The number of carbonyl (C=O) groups excluding carboxylic acids is 1. The number of amides is 1. The van der Waals surface area contributed by atoms with Gasteiger partial charge in [0, 0.05) is 32.4 Å². The van der Waals surface area contributed by atoms with E-state index in [-0.39, 0.29) is 48.5 Å². The van der Waals surface area contributed by atoms with Gasteiger partial charge >= 0.3 is 0 Å². The summed E-state index contributed by atoms with van der Waals surface area (Å²) in [5, 5.41) is 2.88. The maximum absolute atomic E-state index is 14.0. The Morgan fingerprint density at radius 3 is 2.29 bits per heavy atom. The summed E-state index contributed by atoms with van der Waals surface area (Å²) in [6, 6.07) is 17.6. The zero-order valence-corrected chi connectivity index (χ0v) is 17.4. The number of piperazine rings is 1. The third-order valence-electron chi connectivity index (χ3n) is 5.07. The van der Waals surface area contributed by atoms with E-state index in [0.717, 1.165) is 0 Å². The Balaban J connectivity index is 1.48.